The van der Waals surface area contributed by atoms with Crippen LogP contribution < -0.4 is 0 Å². The zero-order valence-electron chi connectivity index (χ0n) is 15.8. The third kappa shape index (κ3) is 4.37. The Morgan fingerprint density at radius 2 is 2.22 bits per heavy atom. The van der Waals surface area contributed by atoms with Gasteiger partial charge in [-0.25, -0.2) is 0 Å². The summed E-state index contributed by atoms with van der Waals surface area (Å²) in [5.74, 6) is 1.85. The fourth-order valence-electron chi connectivity index (χ4n) is 3.43. The highest BCUT2D eigenvalue weighted by Gasteiger charge is 2.33. The van der Waals surface area contributed by atoms with Gasteiger partial charge in [-0.2, -0.15) is 10.1 Å². The molecular weight excluding hydrogens is 346 g/mol. The van der Waals surface area contributed by atoms with Crippen LogP contribution in [0.2, 0.25) is 0 Å². The van der Waals surface area contributed by atoms with Gasteiger partial charge in [-0.05, 0) is 51.0 Å². The topological polar surface area (TPSA) is 86.3 Å². The van der Waals surface area contributed by atoms with Gasteiger partial charge in [0.25, 0.3) is 5.91 Å². The smallest absolute Gasteiger partial charge is 0.275 e. The van der Waals surface area contributed by atoms with Gasteiger partial charge >= 0.3 is 0 Å². The minimum Gasteiger partial charge on any atom is -0.381 e. The van der Waals surface area contributed by atoms with Gasteiger partial charge in [0.15, 0.2) is 5.82 Å². The highest BCUT2D eigenvalue weighted by molar-refractivity contribution is 5.92. The Labute approximate surface area is 158 Å². The summed E-state index contributed by atoms with van der Waals surface area (Å²) < 4.78 is 12.9. The molecule has 1 aliphatic carbocycles. The van der Waals surface area contributed by atoms with E-state index in [0.29, 0.717) is 37.0 Å². The van der Waals surface area contributed by atoms with E-state index >= 15 is 0 Å². The molecule has 1 unspecified atom stereocenters. The summed E-state index contributed by atoms with van der Waals surface area (Å²) in [6.45, 7) is 4.87. The minimum absolute atomic E-state index is 0.0700. The average Bonchev–Trinajstić information content (AvgIpc) is 3.20. The molecule has 0 radical (unpaired) electrons. The molecule has 0 spiro atoms. The molecule has 2 aliphatic rings. The minimum atomic E-state index is -0.174. The quantitative estimate of drug-likeness (QED) is 0.661. The Kier molecular flexibility index (Phi) is 5.52. The Morgan fingerprint density at radius 3 is 3.00 bits per heavy atom. The van der Waals surface area contributed by atoms with Crippen LogP contribution in [0.4, 0.5) is 0 Å². The van der Waals surface area contributed by atoms with Crippen molar-refractivity contribution >= 4 is 5.91 Å². The van der Waals surface area contributed by atoms with Crippen molar-refractivity contribution in [3.8, 4) is 0 Å². The number of amides is 1. The van der Waals surface area contributed by atoms with E-state index in [1.54, 1.807) is 10.7 Å². The number of piperidine rings is 1. The monoisotopic (exact) mass is 373 g/mol. The number of carbonyl (C=O) groups is 1. The summed E-state index contributed by atoms with van der Waals surface area (Å²) >= 11 is 0. The van der Waals surface area contributed by atoms with Crippen LogP contribution in [0.15, 0.2) is 16.8 Å². The zero-order valence-corrected chi connectivity index (χ0v) is 15.8. The molecule has 8 heteroatoms. The number of likely N-dealkylation sites (tertiary alicyclic amines) is 1. The van der Waals surface area contributed by atoms with Gasteiger partial charge in [0.1, 0.15) is 11.7 Å². The molecule has 2 aromatic heterocycles. The molecule has 8 nitrogen and oxygen atoms in total. The average molecular weight is 373 g/mol. The van der Waals surface area contributed by atoms with Gasteiger partial charge in [-0.3, -0.25) is 9.48 Å². The molecule has 2 fully saturated rings. The molecule has 0 aromatic carbocycles. The Balaban J connectivity index is 1.40. The van der Waals surface area contributed by atoms with Crippen molar-refractivity contribution in [2.75, 3.05) is 19.8 Å². The molecule has 1 aliphatic heterocycles. The Bertz CT molecular complexity index is 767. The van der Waals surface area contributed by atoms with Crippen molar-refractivity contribution in [3.05, 3.63) is 29.7 Å². The first-order valence-corrected chi connectivity index (χ1v) is 9.99. The molecule has 1 atom stereocenters. The first-order valence-electron chi connectivity index (χ1n) is 9.99. The van der Waals surface area contributed by atoms with E-state index in [4.69, 9.17) is 9.26 Å². The maximum absolute atomic E-state index is 12.9. The lowest BCUT2D eigenvalue weighted by molar-refractivity contribution is 0.0554. The standard InChI is InChI=1S/C19H27N5O3/c1-2-23-11-8-15(21-23)19(25)24-10-4-3-5-16(24)18-20-17(22-27-18)9-12-26-13-14-6-7-14/h8,11,14,16H,2-7,9-10,12-13H2,1H3. The highest BCUT2D eigenvalue weighted by atomic mass is 16.5. The van der Waals surface area contributed by atoms with Gasteiger partial charge in [-0.1, -0.05) is 5.16 Å². The summed E-state index contributed by atoms with van der Waals surface area (Å²) in [4.78, 5) is 19.3. The van der Waals surface area contributed by atoms with Crippen LogP contribution in [-0.4, -0.2) is 50.5 Å². The van der Waals surface area contributed by atoms with Crippen molar-refractivity contribution in [1.82, 2.24) is 24.8 Å². The van der Waals surface area contributed by atoms with E-state index in [1.165, 1.54) is 12.8 Å². The zero-order chi connectivity index (χ0) is 18.6. The summed E-state index contributed by atoms with van der Waals surface area (Å²) in [7, 11) is 0. The molecule has 4 rings (SSSR count). The number of hydrogen-bond donors (Lipinski definition) is 0. The molecule has 146 valence electrons. The fraction of sp³-hybridized carbons (Fsp3) is 0.684. The maximum Gasteiger partial charge on any atom is 0.275 e. The van der Waals surface area contributed by atoms with Gasteiger partial charge in [0.05, 0.1) is 6.61 Å². The van der Waals surface area contributed by atoms with Crippen LogP contribution in [0.1, 0.15) is 67.3 Å². The molecule has 1 saturated heterocycles. The second-order valence-corrected chi connectivity index (χ2v) is 7.38. The van der Waals surface area contributed by atoms with Crippen molar-refractivity contribution < 1.29 is 14.1 Å². The van der Waals surface area contributed by atoms with Crippen molar-refractivity contribution in [2.24, 2.45) is 5.92 Å². The highest BCUT2D eigenvalue weighted by Crippen LogP contribution is 2.31. The van der Waals surface area contributed by atoms with E-state index in [-0.39, 0.29) is 11.9 Å². The largest absolute Gasteiger partial charge is 0.381 e. The van der Waals surface area contributed by atoms with E-state index in [2.05, 4.69) is 15.2 Å². The molecular formula is C19H27N5O3. The van der Waals surface area contributed by atoms with E-state index in [1.807, 2.05) is 18.0 Å². The molecule has 1 amide bonds. The van der Waals surface area contributed by atoms with Gasteiger partial charge in [0.2, 0.25) is 5.89 Å². The van der Waals surface area contributed by atoms with Crippen molar-refractivity contribution in [2.45, 2.75) is 58.0 Å². The van der Waals surface area contributed by atoms with E-state index in [0.717, 1.165) is 38.3 Å². The Morgan fingerprint density at radius 1 is 1.33 bits per heavy atom. The van der Waals surface area contributed by atoms with Crippen LogP contribution in [0, 0.1) is 5.92 Å². The molecule has 27 heavy (non-hydrogen) atoms. The van der Waals surface area contributed by atoms with Gasteiger partial charge in [-0.15, -0.1) is 0 Å². The number of ether oxygens (including phenoxy) is 1. The molecule has 0 N–H and O–H groups in total. The summed E-state index contributed by atoms with van der Waals surface area (Å²) in [6.07, 6.45) is 7.89. The summed E-state index contributed by atoms with van der Waals surface area (Å²) in [6, 6.07) is 1.60. The normalized spacial score (nSPS) is 20.2. The number of rotatable bonds is 8. The number of hydrogen-bond acceptors (Lipinski definition) is 6. The summed E-state index contributed by atoms with van der Waals surface area (Å²) in [5.41, 5.74) is 0.469. The summed E-state index contributed by atoms with van der Waals surface area (Å²) in [5, 5.41) is 8.43. The molecule has 2 aromatic rings. The molecule has 0 bridgehead atoms. The van der Waals surface area contributed by atoms with Gasteiger partial charge < -0.3 is 14.2 Å². The van der Waals surface area contributed by atoms with Crippen LogP contribution in [-0.2, 0) is 17.7 Å². The second kappa shape index (κ2) is 8.21. The Hall–Kier alpha value is -2.22. The predicted octanol–water partition coefficient (Wildman–Crippen LogP) is 2.62. The van der Waals surface area contributed by atoms with Crippen LogP contribution >= 0.6 is 0 Å². The number of aromatic nitrogens is 4. The molecule has 3 heterocycles. The van der Waals surface area contributed by atoms with Crippen molar-refractivity contribution in [1.29, 1.82) is 0 Å². The lowest BCUT2D eigenvalue weighted by Crippen LogP contribution is -2.39. The van der Waals surface area contributed by atoms with Crippen LogP contribution in [0.25, 0.3) is 0 Å². The maximum atomic E-state index is 12.9. The van der Waals surface area contributed by atoms with E-state index in [9.17, 15) is 4.79 Å². The van der Waals surface area contributed by atoms with Crippen LogP contribution in [0.3, 0.4) is 0 Å². The first kappa shape index (κ1) is 18.2. The fourth-order valence-corrected chi connectivity index (χ4v) is 3.43. The van der Waals surface area contributed by atoms with E-state index < -0.39 is 0 Å². The number of aryl methyl sites for hydroxylation is 1. The van der Waals surface area contributed by atoms with Crippen molar-refractivity contribution in [3.63, 3.8) is 0 Å². The first-order chi connectivity index (χ1) is 13.2. The lowest BCUT2D eigenvalue weighted by Gasteiger charge is -2.32. The SMILES string of the molecule is CCn1ccc(C(=O)N2CCCCC2c2nc(CCOCC3CC3)no2)n1. The third-order valence-electron chi connectivity index (χ3n) is 5.24. The second-order valence-electron chi connectivity index (χ2n) is 7.38. The number of carbonyl (C=O) groups excluding carboxylic acids is 1. The number of nitrogens with zero attached hydrogens (tertiary/aromatic N) is 5. The third-order valence-corrected chi connectivity index (χ3v) is 5.24. The van der Waals surface area contributed by atoms with Crippen LogP contribution in [0.5, 0.6) is 0 Å². The van der Waals surface area contributed by atoms with Gasteiger partial charge in [0, 0.05) is 32.3 Å². The predicted molar refractivity (Wildman–Crippen MR) is 97.1 cm³/mol. The molecule has 1 saturated carbocycles. The lowest BCUT2D eigenvalue weighted by atomic mass is 10.0.